The molecule has 0 aliphatic heterocycles. The quantitative estimate of drug-likeness (QED) is 0.280. The summed E-state index contributed by atoms with van der Waals surface area (Å²) in [6, 6.07) is 0. The van der Waals surface area contributed by atoms with Gasteiger partial charge in [-0.05, 0) is 125 Å². The molecule has 0 aromatic carbocycles. The highest BCUT2D eigenvalue weighted by atomic mass is 16.6. The number of aliphatic hydroxyl groups is 2. The summed E-state index contributed by atoms with van der Waals surface area (Å²) >= 11 is 0. The molecule has 0 radical (unpaired) electrons. The predicted molar refractivity (Wildman–Crippen MR) is 139 cm³/mol. The summed E-state index contributed by atoms with van der Waals surface area (Å²) in [5.41, 5.74) is 0.933. The van der Waals surface area contributed by atoms with Crippen LogP contribution >= 0.6 is 0 Å². The molecule has 4 aliphatic carbocycles. The Morgan fingerprint density at radius 1 is 1.09 bits per heavy atom. The van der Waals surface area contributed by atoms with Crippen LogP contribution in [0.25, 0.3) is 0 Å². The molecule has 4 saturated carbocycles. The van der Waals surface area contributed by atoms with Crippen LogP contribution in [0.3, 0.4) is 0 Å². The number of aliphatic hydroxyl groups excluding tert-OH is 1. The van der Waals surface area contributed by atoms with Crippen molar-refractivity contribution in [2.24, 2.45) is 39.7 Å². The molecule has 194 valence electrons. The molecule has 5 nitrogen and oxygen atoms in total. The van der Waals surface area contributed by atoms with Gasteiger partial charge in [0.1, 0.15) is 6.61 Å². The van der Waals surface area contributed by atoms with E-state index in [9.17, 15) is 10.2 Å². The van der Waals surface area contributed by atoms with Crippen LogP contribution in [0.4, 0.5) is 0 Å². The van der Waals surface area contributed by atoms with Crippen molar-refractivity contribution in [3.8, 4) is 0 Å². The van der Waals surface area contributed by atoms with Gasteiger partial charge in [0, 0.05) is 6.54 Å². The van der Waals surface area contributed by atoms with Crippen molar-refractivity contribution in [3.05, 3.63) is 11.6 Å². The molecule has 1 unspecified atom stereocenters. The van der Waals surface area contributed by atoms with Crippen molar-refractivity contribution in [2.75, 3.05) is 27.2 Å². The van der Waals surface area contributed by atoms with Gasteiger partial charge in [-0.15, -0.1) is 0 Å². The summed E-state index contributed by atoms with van der Waals surface area (Å²) in [5, 5.41) is 27.2. The zero-order chi connectivity index (χ0) is 24.6. The number of hydrogen-bond acceptors (Lipinski definition) is 5. The Kier molecular flexibility index (Phi) is 7.86. The van der Waals surface area contributed by atoms with Gasteiger partial charge < -0.3 is 20.0 Å². The van der Waals surface area contributed by atoms with Gasteiger partial charge in [-0.1, -0.05) is 32.0 Å². The molecule has 0 bridgehead atoms. The highest BCUT2D eigenvalue weighted by Crippen LogP contribution is 2.68. The standard InChI is InChI=1S/C29H50N2O3/c1-6-21(20-30-34-16-8-15-31(4)5)17-23-19-24(32)18-22-9-10-26-25(28(22,23)3)11-14-27(2)12-7-13-29(26,27)33/h17,20,22-26,32-33H,6-16,18-19H2,1-5H3/b21-17+,30-20+/t22-,23?,24-,25+,26-,27+,28-,29+/m1/s1. The largest absolute Gasteiger partial charge is 0.396 e. The monoisotopic (exact) mass is 474 g/mol. The molecule has 0 saturated heterocycles. The SMILES string of the molecule is CCC(/C=N/OCCCN(C)C)=C\C1C[C@H](O)C[C@H]2CC[C@@H]3[C@H](CC[C@]4(C)CCC[C@]34O)[C@@]12C. The second-order valence-corrected chi connectivity index (χ2v) is 12.8. The van der Waals surface area contributed by atoms with Gasteiger partial charge in [-0.25, -0.2) is 0 Å². The second kappa shape index (κ2) is 10.2. The third-order valence-corrected chi connectivity index (χ3v) is 10.8. The van der Waals surface area contributed by atoms with Gasteiger partial charge in [0.2, 0.25) is 0 Å². The lowest BCUT2D eigenvalue weighted by atomic mass is 9.41. The van der Waals surface area contributed by atoms with Crippen LogP contribution in [-0.4, -0.2) is 60.3 Å². The number of nitrogens with zero attached hydrogens (tertiary/aromatic N) is 2. The summed E-state index contributed by atoms with van der Waals surface area (Å²) < 4.78 is 0. The first-order valence-corrected chi connectivity index (χ1v) is 14.0. The van der Waals surface area contributed by atoms with Crippen molar-refractivity contribution >= 4 is 6.21 Å². The smallest absolute Gasteiger partial charge is 0.118 e. The Balaban J connectivity index is 1.54. The normalized spacial score (nSPS) is 44.7. The van der Waals surface area contributed by atoms with E-state index < -0.39 is 5.60 Å². The molecule has 0 aromatic heterocycles. The van der Waals surface area contributed by atoms with Crippen molar-refractivity contribution < 1.29 is 15.1 Å². The third-order valence-electron chi connectivity index (χ3n) is 10.8. The average Bonchev–Trinajstić information content (AvgIpc) is 3.10. The zero-order valence-corrected chi connectivity index (χ0v) is 22.4. The van der Waals surface area contributed by atoms with Crippen LogP contribution in [0.15, 0.2) is 16.8 Å². The maximum atomic E-state index is 12.1. The van der Waals surface area contributed by atoms with Gasteiger partial charge in [0.05, 0.1) is 17.9 Å². The highest BCUT2D eigenvalue weighted by Gasteiger charge is 2.65. The summed E-state index contributed by atoms with van der Waals surface area (Å²) in [4.78, 5) is 7.69. The number of rotatable bonds is 8. The minimum absolute atomic E-state index is 0.0992. The van der Waals surface area contributed by atoms with Gasteiger partial charge >= 0.3 is 0 Å². The average molecular weight is 475 g/mol. The first-order chi connectivity index (χ1) is 16.1. The fourth-order valence-electron chi connectivity index (χ4n) is 8.71. The summed E-state index contributed by atoms with van der Waals surface area (Å²) in [5.74, 6) is 1.79. The van der Waals surface area contributed by atoms with E-state index >= 15 is 0 Å². The van der Waals surface area contributed by atoms with E-state index in [1.54, 1.807) is 0 Å². The van der Waals surface area contributed by atoms with Crippen LogP contribution in [0.5, 0.6) is 0 Å². The Labute approximate surface area is 208 Å². The first kappa shape index (κ1) is 26.2. The van der Waals surface area contributed by atoms with Crippen molar-refractivity contribution in [1.29, 1.82) is 0 Å². The van der Waals surface area contributed by atoms with E-state index in [2.05, 4.69) is 51.0 Å². The molecule has 0 amide bonds. The van der Waals surface area contributed by atoms with Gasteiger partial charge in [0.25, 0.3) is 0 Å². The number of allylic oxidation sites excluding steroid dienone is 2. The Bertz CT molecular complexity index is 766. The van der Waals surface area contributed by atoms with Gasteiger partial charge in [-0.3, -0.25) is 0 Å². The number of hydrogen-bond donors (Lipinski definition) is 2. The first-order valence-electron chi connectivity index (χ1n) is 14.0. The van der Waals surface area contributed by atoms with E-state index in [-0.39, 0.29) is 16.9 Å². The minimum atomic E-state index is -0.496. The summed E-state index contributed by atoms with van der Waals surface area (Å²) in [6.45, 7) is 8.68. The van der Waals surface area contributed by atoms with Crippen molar-refractivity contribution in [3.63, 3.8) is 0 Å². The van der Waals surface area contributed by atoms with Crippen LogP contribution in [0.2, 0.25) is 0 Å². The molecule has 4 fully saturated rings. The fourth-order valence-corrected chi connectivity index (χ4v) is 8.71. The fraction of sp³-hybridized carbons (Fsp3) is 0.897. The van der Waals surface area contributed by atoms with E-state index in [1.165, 1.54) is 24.8 Å². The molecule has 4 rings (SSSR count). The van der Waals surface area contributed by atoms with Crippen LogP contribution in [0, 0.1) is 34.5 Å². The van der Waals surface area contributed by atoms with E-state index in [0.29, 0.717) is 30.3 Å². The topological polar surface area (TPSA) is 65.3 Å². The lowest BCUT2D eigenvalue weighted by Crippen LogP contribution is -2.62. The third kappa shape index (κ3) is 4.62. The summed E-state index contributed by atoms with van der Waals surface area (Å²) in [7, 11) is 4.14. The van der Waals surface area contributed by atoms with Gasteiger partial charge in [-0.2, -0.15) is 0 Å². The van der Waals surface area contributed by atoms with Gasteiger partial charge in [0.15, 0.2) is 0 Å². The predicted octanol–water partition coefficient (Wildman–Crippen LogP) is 5.41. The van der Waals surface area contributed by atoms with Crippen LogP contribution in [-0.2, 0) is 4.84 Å². The maximum absolute atomic E-state index is 12.1. The number of fused-ring (bicyclic) bond motifs is 5. The Morgan fingerprint density at radius 3 is 2.62 bits per heavy atom. The molecular formula is C29H50N2O3. The minimum Gasteiger partial charge on any atom is -0.396 e. The van der Waals surface area contributed by atoms with E-state index in [1.807, 2.05) is 6.21 Å². The second-order valence-electron chi connectivity index (χ2n) is 12.8. The number of oxime groups is 1. The molecule has 8 atom stereocenters. The Hall–Kier alpha value is -0.910. The van der Waals surface area contributed by atoms with Crippen molar-refractivity contribution in [2.45, 2.75) is 103 Å². The molecule has 4 aliphatic rings. The molecule has 2 N–H and O–H groups in total. The van der Waals surface area contributed by atoms with E-state index in [0.717, 1.165) is 57.9 Å². The molecule has 0 spiro atoms. The molecule has 0 aromatic rings. The molecule has 34 heavy (non-hydrogen) atoms. The van der Waals surface area contributed by atoms with Crippen LogP contribution in [0.1, 0.15) is 91.4 Å². The lowest BCUT2D eigenvalue weighted by molar-refractivity contribution is -0.211. The Morgan fingerprint density at radius 2 is 1.88 bits per heavy atom. The zero-order valence-electron chi connectivity index (χ0n) is 22.4. The summed E-state index contributed by atoms with van der Waals surface area (Å²) in [6.07, 6.45) is 15.7. The van der Waals surface area contributed by atoms with Crippen LogP contribution < -0.4 is 0 Å². The highest BCUT2D eigenvalue weighted by molar-refractivity contribution is 5.77. The molecular weight excluding hydrogens is 424 g/mol. The maximum Gasteiger partial charge on any atom is 0.118 e. The van der Waals surface area contributed by atoms with E-state index in [4.69, 9.17) is 4.84 Å². The lowest BCUT2D eigenvalue weighted by Gasteiger charge is -2.64. The van der Waals surface area contributed by atoms with Crippen molar-refractivity contribution in [1.82, 2.24) is 4.90 Å². The molecule has 0 heterocycles. The molecule has 5 heteroatoms.